The number of unbranched alkanes of at least 4 members (excludes halogenated alkanes) is 4. The summed E-state index contributed by atoms with van der Waals surface area (Å²) < 4.78 is 11.2. The summed E-state index contributed by atoms with van der Waals surface area (Å²) in [7, 11) is 0. The second-order valence-electron chi connectivity index (χ2n) is 5.78. The Kier molecular flexibility index (Phi) is 6.71. The van der Waals surface area contributed by atoms with Gasteiger partial charge in [-0.2, -0.15) is 0 Å². The van der Waals surface area contributed by atoms with Crippen molar-refractivity contribution in [1.82, 2.24) is 0 Å². The van der Waals surface area contributed by atoms with E-state index in [9.17, 15) is 9.90 Å². The van der Waals surface area contributed by atoms with Gasteiger partial charge in [-0.1, -0.05) is 32.6 Å². The van der Waals surface area contributed by atoms with Crippen molar-refractivity contribution in [3.63, 3.8) is 0 Å². The molecule has 1 heterocycles. The number of hydrogen-bond acceptors (Lipinski definition) is 4. The maximum absolute atomic E-state index is 12.2. The fourth-order valence-electron chi connectivity index (χ4n) is 2.81. The van der Waals surface area contributed by atoms with Crippen LogP contribution in [0, 0.1) is 0 Å². The summed E-state index contributed by atoms with van der Waals surface area (Å²) in [6.07, 6.45) is 5.72. The Labute approximate surface area is 138 Å². The molecule has 0 fully saturated rings. The summed E-state index contributed by atoms with van der Waals surface area (Å²) in [6, 6.07) is 3.60. The Bertz CT molecular complexity index is 530. The lowest BCUT2D eigenvalue weighted by Crippen LogP contribution is -2.39. The van der Waals surface area contributed by atoms with Crippen molar-refractivity contribution in [3.05, 3.63) is 17.7 Å². The minimum atomic E-state index is -0.0914. The molecule has 5 nitrogen and oxygen atoms in total. The third-order valence-corrected chi connectivity index (χ3v) is 3.99. The van der Waals surface area contributed by atoms with E-state index in [1.165, 1.54) is 19.3 Å². The molecule has 2 rings (SSSR count). The molecule has 1 N–H and O–H groups in total. The topological polar surface area (TPSA) is 59.0 Å². The van der Waals surface area contributed by atoms with Crippen LogP contribution >= 0.6 is 0 Å². The zero-order chi connectivity index (χ0) is 16.7. The van der Waals surface area contributed by atoms with Gasteiger partial charge >= 0.3 is 0 Å². The first-order valence-electron chi connectivity index (χ1n) is 8.55. The minimum Gasteiger partial charge on any atom is -0.490 e. The number of ether oxygens (including phenoxy) is 2. The van der Waals surface area contributed by atoms with E-state index < -0.39 is 0 Å². The van der Waals surface area contributed by atoms with Crippen LogP contribution in [-0.2, 0) is 11.4 Å². The van der Waals surface area contributed by atoms with Crippen LogP contribution in [0.1, 0.15) is 51.5 Å². The van der Waals surface area contributed by atoms with E-state index in [1.54, 1.807) is 11.0 Å². The van der Waals surface area contributed by atoms with Crippen molar-refractivity contribution in [3.8, 4) is 11.5 Å². The lowest BCUT2D eigenvalue weighted by atomic mass is 10.1. The molecule has 0 atom stereocenters. The number of aliphatic hydroxyl groups is 1. The predicted octanol–water partition coefficient (Wildman–Crippen LogP) is 3.27. The Morgan fingerprint density at radius 1 is 1.22 bits per heavy atom. The molecule has 5 heteroatoms. The highest BCUT2D eigenvalue weighted by Crippen LogP contribution is 2.41. The van der Waals surface area contributed by atoms with Gasteiger partial charge in [0.1, 0.15) is 0 Å². The predicted molar refractivity (Wildman–Crippen MR) is 90.1 cm³/mol. The maximum atomic E-state index is 12.2. The Hall–Kier alpha value is -1.75. The Morgan fingerprint density at radius 2 is 2.00 bits per heavy atom. The van der Waals surface area contributed by atoms with Gasteiger partial charge in [-0.15, -0.1) is 0 Å². The molecule has 0 spiro atoms. The molecular weight excluding hydrogens is 294 g/mol. The number of rotatable bonds is 9. The standard InChI is InChI=1S/C18H27NO4/c1-3-5-6-7-8-9-19-15-10-14(12-20)11-16(22-4-2)18(15)23-13-17(19)21/h10-11,20H,3-9,12-13H2,1-2H3. The van der Waals surface area contributed by atoms with E-state index in [0.717, 1.165) is 18.4 Å². The van der Waals surface area contributed by atoms with E-state index >= 15 is 0 Å². The average Bonchev–Trinajstić information content (AvgIpc) is 2.56. The van der Waals surface area contributed by atoms with Crippen LogP contribution in [0.2, 0.25) is 0 Å². The summed E-state index contributed by atoms with van der Waals surface area (Å²) in [6.45, 7) is 5.23. The molecule has 0 bridgehead atoms. The van der Waals surface area contributed by atoms with Gasteiger partial charge in [0.2, 0.25) is 0 Å². The molecule has 1 aromatic carbocycles. The van der Waals surface area contributed by atoms with E-state index in [-0.39, 0.29) is 19.1 Å². The van der Waals surface area contributed by atoms with Gasteiger partial charge in [-0.05, 0) is 31.0 Å². The van der Waals surface area contributed by atoms with Crippen LogP contribution in [0.4, 0.5) is 5.69 Å². The third-order valence-electron chi connectivity index (χ3n) is 3.99. The van der Waals surface area contributed by atoms with Crippen molar-refractivity contribution in [2.75, 3.05) is 24.7 Å². The normalized spacial score (nSPS) is 13.7. The number of amides is 1. The number of benzene rings is 1. The zero-order valence-electron chi connectivity index (χ0n) is 14.1. The van der Waals surface area contributed by atoms with Gasteiger partial charge in [0.25, 0.3) is 5.91 Å². The summed E-state index contributed by atoms with van der Waals surface area (Å²) in [5.74, 6) is 1.17. The molecule has 0 unspecified atom stereocenters. The maximum Gasteiger partial charge on any atom is 0.265 e. The number of anilines is 1. The summed E-state index contributed by atoms with van der Waals surface area (Å²) in [5, 5.41) is 9.46. The van der Waals surface area contributed by atoms with Crippen molar-refractivity contribution >= 4 is 11.6 Å². The third kappa shape index (κ3) is 4.38. The largest absolute Gasteiger partial charge is 0.490 e. The van der Waals surface area contributed by atoms with Crippen LogP contribution in [0.5, 0.6) is 11.5 Å². The van der Waals surface area contributed by atoms with Crippen molar-refractivity contribution < 1.29 is 19.4 Å². The number of hydrogen-bond donors (Lipinski definition) is 1. The van der Waals surface area contributed by atoms with E-state index in [2.05, 4.69) is 6.92 Å². The molecule has 0 saturated heterocycles. The second-order valence-corrected chi connectivity index (χ2v) is 5.78. The van der Waals surface area contributed by atoms with E-state index in [1.807, 2.05) is 13.0 Å². The van der Waals surface area contributed by atoms with Crippen LogP contribution < -0.4 is 14.4 Å². The molecule has 23 heavy (non-hydrogen) atoms. The molecule has 1 aliphatic heterocycles. The van der Waals surface area contributed by atoms with Crippen molar-refractivity contribution in [2.45, 2.75) is 52.6 Å². The highest BCUT2D eigenvalue weighted by atomic mass is 16.5. The highest BCUT2D eigenvalue weighted by Gasteiger charge is 2.28. The number of aliphatic hydroxyl groups excluding tert-OH is 1. The zero-order valence-corrected chi connectivity index (χ0v) is 14.1. The van der Waals surface area contributed by atoms with Gasteiger partial charge in [0.05, 0.1) is 18.9 Å². The highest BCUT2D eigenvalue weighted by molar-refractivity contribution is 5.98. The first kappa shape index (κ1) is 17.6. The SMILES string of the molecule is CCCCCCCN1C(=O)COc2c(OCC)cc(CO)cc21. The molecule has 128 valence electrons. The number of carbonyl (C=O) groups excluding carboxylic acids is 1. The number of carbonyl (C=O) groups is 1. The molecular formula is C18H27NO4. The molecule has 0 radical (unpaired) electrons. The fraction of sp³-hybridized carbons (Fsp3) is 0.611. The summed E-state index contributed by atoms with van der Waals surface area (Å²) >= 11 is 0. The first-order chi connectivity index (χ1) is 11.2. The fourth-order valence-corrected chi connectivity index (χ4v) is 2.81. The van der Waals surface area contributed by atoms with E-state index in [0.29, 0.717) is 30.3 Å². The molecule has 0 aromatic heterocycles. The van der Waals surface area contributed by atoms with E-state index in [4.69, 9.17) is 9.47 Å². The Balaban J connectivity index is 2.18. The summed E-state index contributed by atoms with van der Waals surface area (Å²) in [5.41, 5.74) is 1.44. The monoisotopic (exact) mass is 321 g/mol. The lowest BCUT2D eigenvalue weighted by Gasteiger charge is -2.31. The van der Waals surface area contributed by atoms with Crippen molar-refractivity contribution in [2.24, 2.45) is 0 Å². The quantitative estimate of drug-likeness (QED) is 0.709. The lowest BCUT2D eigenvalue weighted by molar-refractivity contribution is -0.121. The van der Waals surface area contributed by atoms with Crippen LogP contribution in [0.25, 0.3) is 0 Å². The molecule has 1 amide bonds. The van der Waals surface area contributed by atoms with Gasteiger partial charge in [0.15, 0.2) is 18.1 Å². The first-order valence-corrected chi connectivity index (χ1v) is 8.55. The Morgan fingerprint density at radius 3 is 2.70 bits per heavy atom. The van der Waals surface area contributed by atoms with Gasteiger partial charge < -0.3 is 19.5 Å². The number of fused-ring (bicyclic) bond motifs is 1. The minimum absolute atomic E-state index is 0.0365. The summed E-state index contributed by atoms with van der Waals surface area (Å²) in [4.78, 5) is 14.0. The van der Waals surface area contributed by atoms with Crippen LogP contribution in [-0.4, -0.2) is 30.8 Å². The molecule has 1 aromatic rings. The van der Waals surface area contributed by atoms with Gasteiger partial charge in [-0.3, -0.25) is 4.79 Å². The average molecular weight is 321 g/mol. The van der Waals surface area contributed by atoms with Crippen LogP contribution in [0.15, 0.2) is 12.1 Å². The molecule has 1 aliphatic rings. The van der Waals surface area contributed by atoms with Gasteiger partial charge in [-0.25, -0.2) is 0 Å². The second kappa shape index (κ2) is 8.77. The van der Waals surface area contributed by atoms with Crippen LogP contribution in [0.3, 0.4) is 0 Å². The number of nitrogens with zero attached hydrogens (tertiary/aromatic N) is 1. The molecule has 0 saturated carbocycles. The van der Waals surface area contributed by atoms with Crippen molar-refractivity contribution in [1.29, 1.82) is 0 Å². The van der Waals surface area contributed by atoms with Gasteiger partial charge in [0, 0.05) is 6.54 Å². The molecule has 0 aliphatic carbocycles. The smallest absolute Gasteiger partial charge is 0.265 e.